The van der Waals surface area contributed by atoms with E-state index in [9.17, 15) is 4.79 Å². The average molecular weight is 398 g/mol. The van der Waals surface area contributed by atoms with Gasteiger partial charge in [0.15, 0.2) is 0 Å². The summed E-state index contributed by atoms with van der Waals surface area (Å²) in [7, 11) is 0. The molecule has 0 radical (unpaired) electrons. The van der Waals surface area contributed by atoms with Crippen molar-refractivity contribution in [2.45, 2.75) is 51.2 Å². The molecule has 1 aliphatic carbocycles. The first kappa shape index (κ1) is 21.3. The summed E-state index contributed by atoms with van der Waals surface area (Å²) in [6, 6.07) is 16.5. The number of benzene rings is 2. The largest absolute Gasteiger partial charge is 0.493 e. The maximum atomic E-state index is 11.1. The third kappa shape index (κ3) is 6.87. The molecule has 0 amide bonds. The summed E-state index contributed by atoms with van der Waals surface area (Å²) >= 11 is 0. The number of nitrogens with two attached hydrogens (primary N) is 1. The fourth-order valence-electron chi connectivity index (χ4n) is 3.57. The summed E-state index contributed by atoms with van der Waals surface area (Å²) < 4.78 is 17.2. The smallest absolute Gasteiger partial charge is 0.319 e. The molecule has 0 spiro atoms. The lowest BCUT2D eigenvalue weighted by Crippen LogP contribution is -2.18. The van der Waals surface area contributed by atoms with Crippen molar-refractivity contribution >= 4 is 5.97 Å². The molecule has 1 aliphatic rings. The summed E-state index contributed by atoms with van der Waals surface area (Å²) in [4.78, 5) is 11.1. The summed E-state index contributed by atoms with van der Waals surface area (Å²) in [5.41, 5.74) is 8.61. The van der Waals surface area contributed by atoms with Crippen molar-refractivity contribution in [3.63, 3.8) is 0 Å². The van der Waals surface area contributed by atoms with E-state index in [-0.39, 0.29) is 6.54 Å². The molecule has 1 saturated carbocycles. The quantitative estimate of drug-likeness (QED) is 0.473. The Hall–Kier alpha value is -2.37. The molecule has 2 aromatic rings. The van der Waals surface area contributed by atoms with Crippen LogP contribution in [-0.4, -0.2) is 31.8 Å². The van der Waals surface area contributed by atoms with Crippen LogP contribution in [0.25, 0.3) is 11.1 Å². The first-order valence-corrected chi connectivity index (χ1v) is 10.5. The van der Waals surface area contributed by atoms with E-state index in [0.29, 0.717) is 32.3 Å². The van der Waals surface area contributed by atoms with Crippen molar-refractivity contribution in [1.82, 2.24) is 0 Å². The molecule has 29 heavy (non-hydrogen) atoms. The lowest BCUT2D eigenvalue weighted by Gasteiger charge is -2.23. The van der Waals surface area contributed by atoms with E-state index >= 15 is 0 Å². The molecular weight excluding hydrogens is 366 g/mol. The van der Waals surface area contributed by atoms with Crippen LogP contribution in [0.2, 0.25) is 0 Å². The van der Waals surface area contributed by atoms with Gasteiger partial charge < -0.3 is 19.9 Å². The van der Waals surface area contributed by atoms with Crippen LogP contribution in [0, 0.1) is 0 Å². The van der Waals surface area contributed by atoms with Gasteiger partial charge in [0.1, 0.15) is 5.75 Å². The zero-order chi connectivity index (χ0) is 20.3. The van der Waals surface area contributed by atoms with E-state index in [1.165, 1.54) is 24.8 Å². The Morgan fingerprint density at radius 1 is 0.966 bits per heavy atom. The topological polar surface area (TPSA) is 70.8 Å². The van der Waals surface area contributed by atoms with E-state index in [0.717, 1.165) is 29.7 Å². The fraction of sp³-hybridized carbons (Fsp3) is 0.458. The van der Waals surface area contributed by atoms with E-state index in [4.69, 9.17) is 19.9 Å². The molecule has 0 saturated heterocycles. The minimum atomic E-state index is -0.390. The second-order valence-corrected chi connectivity index (χ2v) is 7.39. The molecule has 2 aromatic carbocycles. The average Bonchev–Trinajstić information content (AvgIpc) is 2.79. The van der Waals surface area contributed by atoms with E-state index in [1.807, 2.05) is 24.3 Å². The van der Waals surface area contributed by atoms with Gasteiger partial charge in [-0.05, 0) is 36.1 Å². The summed E-state index contributed by atoms with van der Waals surface area (Å²) in [5, 5.41) is 0. The number of ether oxygens (including phenoxy) is 3. The molecular formula is C24H31NO4. The van der Waals surface area contributed by atoms with Crippen LogP contribution in [0.1, 0.15) is 44.1 Å². The Balaban J connectivity index is 1.63. The van der Waals surface area contributed by atoms with Crippen molar-refractivity contribution in [1.29, 1.82) is 0 Å². The molecule has 0 aromatic heterocycles. The van der Waals surface area contributed by atoms with Crippen LogP contribution in [0.15, 0.2) is 48.5 Å². The van der Waals surface area contributed by atoms with Gasteiger partial charge in [-0.1, -0.05) is 55.7 Å². The van der Waals surface area contributed by atoms with E-state index in [1.54, 1.807) is 0 Å². The molecule has 2 N–H and O–H groups in total. The maximum Gasteiger partial charge on any atom is 0.319 e. The molecule has 0 aliphatic heterocycles. The Morgan fingerprint density at radius 3 is 2.52 bits per heavy atom. The van der Waals surface area contributed by atoms with Crippen LogP contribution >= 0.6 is 0 Å². The zero-order valence-electron chi connectivity index (χ0n) is 17.0. The predicted octanol–water partition coefficient (Wildman–Crippen LogP) is 4.47. The second-order valence-electron chi connectivity index (χ2n) is 7.39. The zero-order valence-corrected chi connectivity index (χ0v) is 17.0. The van der Waals surface area contributed by atoms with Crippen molar-refractivity contribution in [3.05, 3.63) is 54.1 Å². The maximum absolute atomic E-state index is 11.1. The lowest BCUT2D eigenvalue weighted by atomic mass is 9.97. The number of hydrogen-bond acceptors (Lipinski definition) is 5. The number of carbonyl (C=O) groups excluding carboxylic acids is 1. The number of esters is 1. The minimum Gasteiger partial charge on any atom is -0.493 e. The first-order chi connectivity index (χ1) is 14.3. The molecule has 3 rings (SSSR count). The van der Waals surface area contributed by atoms with E-state index in [2.05, 4.69) is 24.3 Å². The standard InChI is InChI=1S/C24H31NO4/c25-17-24(26)28-15-7-14-27-23-13-12-20(19-8-3-1-4-9-19)16-21(23)18-29-22-10-5-2-6-11-22/h1,3-4,8-9,12-13,16,22H,2,5-7,10-11,14-15,17-18,25H2. The van der Waals surface area contributed by atoms with Gasteiger partial charge in [-0.2, -0.15) is 0 Å². The molecule has 156 valence electrons. The summed E-state index contributed by atoms with van der Waals surface area (Å²) in [6.45, 7) is 1.23. The fourth-order valence-corrected chi connectivity index (χ4v) is 3.57. The SMILES string of the molecule is NCC(=O)OCCCOc1ccc(-c2ccccc2)cc1COC1CCCCC1. The Bertz CT molecular complexity index is 757. The molecule has 0 bridgehead atoms. The third-order valence-corrected chi connectivity index (χ3v) is 5.17. The normalized spacial score (nSPS) is 14.5. The van der Waals surface area contributed by atoms with Gasteiger partial charge in [0, 0.05) is 12.0 Å². The number of rotatable bonds is 10. The lowest BCUT2D eigenvalue weighted by molar-refractivity contribution is -0.142. The van der Waals surface area contributed by atoms with Crippen molar-refractivity contribution < 1.29 is 19.0 Å². The van der Waals surface area contributed by atoms with Gasteiger partial charge in [-0.25, -0.2) is 0 Å². The number of carbonyl (C=O) groups is 1. The number of hydrogen-bond donors (Lipinski definition) is 1. The predicted molar refractivity (Wildman–Crippen MR) is 114 cm³/mol. The third-order valence-electron chi connectivity index (χ3n) is 5.17. The minimum absolute atomic E-state index is 0.0928. The van der Waals surface area contributed by atoms with Gasteiger partial charge in [0.25, 0.3) is 0 Å². The molecule has 5 heteroatoms. The van der Waals surface area contributed by atoms with Crippen LogP contribution in [0.5, 0.6) is 5.75 Å². The first-order valence-electron chi connectivity index (χ1n) is 10.5. The highest BCUT2D eigenvalue weighted by Crippen LogP contribution is 2.29. The molecule has 1 fully saturated rings. The van der Waals surface area contributed by atoms with Gasteiger partial charge in [0.2, 0.25) is 0 Å². The van der Waals surface area contributed by atoms with Gasteiger partial charge in [-0.3, -0.25) is 4.79 Å². The molecule has 5 nitrogen and oxygen atoms in total. The van der Waals surface area contributed by atoms with Crippen molar-refractivity contribution in [2.75, 3.05) is 19.8 Å². The van der Waals surface area contributed by atoms with Crippen LogP contribution in [0.3, 0.4) is 0 Å². The van der Waals surface area contributed by atoms with Crippen LogP contribution < -0.4 is 10.5 Å². The van der Waals surface area contributed by atoms with Crippen LogP contribution in [0.4, 0.5) is 0 Å². The molecule has 0 heterocycles. The van der Waals surface area contributed by atoms with Gasteiger partial charge in [-0.15, -0.1) is 0 Å². The highest BCUT2D eigenvalue weighted by atomic mass is 16.5. The monoisotopic (exact) mass is 397 g/mol. The second kappa shape index (κ2) is 11.6. The van der Waals surface area contributed by atoms with Crippen molar-refractivity contribution in [3.8, 4) is 16.9 Å². The summed E-state index contributed by atoms with van der Waals surface area (Å²) in [5.74, 6) is 0.435. The Kier molecular flexibility index (Phi) is 8.53. The molecule has 0 unspecified atom stereocenters. The molecule has 0 atom stereocenters. The Morgan fingerprint density at radius 2 is 1.76 bits per heavy atom. The van der Waals surface area contributed by atoms with Gasteiger partial charge >= 0.3 is 5.97 Å². The highest BCUT2D eigenvalue weighted by Gasteiger charge is 2.15. The van der Waals surface area contributed by atoms with Crippen LogP contribution in [-0.2, 0) is 20.9 Å². The van der Waals surface area contributed by atoms with E-state index < -0.39 is 5.97 Å². The van der Waals surface area contributed by atoms with Gasteiger partial charge in [0.05, 0.1) is 32.5 Å². The van der Waals surface area contributed by atoms with Crippen molar-refractivity contribution in [2.24, 2.45) is 5.73 Å². The summed E-state index contributed by atoms with van der Waals surface area (Å²) in [6.07, 6.45) is 7.05. The highest BCUT2D eigenvalue weighted by molar-refractivity contribution is 5.71. The Labute approximate surface area is 173 Å².